The van der Waals surface area contributed by atoms with Gasteiger partial charge in [0.2, 0.25) is 0 Å². The third-order valence-electron chi connectivity index (χ3n) is 3.57. The van der Waals surface area contributed by atoms with Gasteiger partial charge in [0, 0.05) is 26.7 Å². The van der Waals surface area contributed by atoms with Crippen LogP contribution in [0.1, 0.15) is 58.3 Å². The van der Waals surface area contributed by atoms with E-state index in [1.807, 2.05) is 7.05 Å². The smallest absolute Gasteiger partial charge is 0.190 e. The van der Waals surface area contributed by atoms with E-state index < -0.39 is 0 Å². The molecule has 0 aromatic carbocycles. The lowest BCUT2D eigenvalue weighted by Crippen LogP contribution is -2.38. The minimum absolute atomic E-state index is 0.534. The number of hydrogen-bond donors (Lipinski definition) is 2. The quantitative estimate of drug-likeness (QED) is 0.384. The van der Waals surface area contributed by atoms with Gasteiger partial charge in [-0.05, 0) is 25.7 Å². The lowest BCUT2D eigenvalue weighted by Gasteiger charge is -2.13. The molecule has 1 aliphatic rings. The molecule has 0 bridgehead atoms. The third kappa shape index (κ3) is 8.09. The predicted molar refractivity (Wildman–Crippen MR) is 81.7 cm³/mol. The van der Waals surface area contributed by atoms with Gasteiger partial charge in [0.05, 0.1) is 6.10 Å². The molecule has 0 heterocycles. The number of guanidine groups is 1. The van der Waals surface area contributed by atoms with Gasteiger partial charge in [-0.15, -0.1) is 0 Å². The second kappa shape index (κ2) is 11.1. The highest BCUT2D eigenvalue weighted by Crippen LogP contribution is 2.20. The van der Waals surface area contributed by atoms with Crippen molar-refractivity contribution in [1.82, 2.24) is 10.6 Å². The van der Waals surface area contributed by atoms with Crippen LogP contribution < -0.4 is 10.6 Å². The molecule has 0 spiro atoms. The molecule has 0 unspecified atom stereocenters. The Morgan fingerprint density at radius 3 is 2.42 bits per heavy atom. The Balaban J connectivity index is 1.93. The van der Waals surface area contributed by atoms with Gasteiger partial charge in [-0.1, -0.05) is 32.6 Å². The van der Waals surface area contributed by atoms with Crippen molar-refractivity contribution in [2.45, 2.75) is 64.4 Å². The average molecular weight is 269 g/mol. The fourth-order valence-electron chi connectivity index (χ4n) is 2.39. The molecule has 1 saturated carbocycles. The maximum atomic E-state index is 5.83. The Morgan fingerprint density at radius 1 is 1.11 bits per heavy atom. The molecule has 1 rings (SSSR count). The summed E-state index contributed by atoms with van der Waals surface area (Å²) in [5, 5.41) is 6.66. The van der Waals surface area contributed by atoms with Gasteiger partial charge in [-0.25, -0.2) is 0 Å². The van der Waals surface area contributed by atoms with E-state index >= 15 is 0 Å². The van der Waals surface area contributed by atoms with Crippen LogP contribution in [-0.4, -0.2) is 38.8 Å². The zero-order valence-corrected chi connectivity index (χ0v) is 12.7. The summed E-state index contributed by atoms with van der Waals surface area (Å²) < 4.78 is 5.83. The van der Waals surface area contributed by atoms with Crippen molar-refractivity contribution in [3.05, 3.63) is 0 Å². The molecule has 0 aromatic heterocycles. The Labute approximate surface area is 118 Å². The number of unbranched alkanes of at least 4 members (excludes halogenated alkanes) is 2. The van der Waals surface area contributed by atoms with Crippen molar-refractivity contribution in [3.63, 3.8) is 0 Å². The van der Waals surface area contributed by atoms with Crippen LogP contribution in [0.5, 0.6) is 0 Å². The van der Waals surface area contributed by atoms with Gasteiger partial charge < -0.3 is 15.4 Å². The highest BCUT2D eigenvalue weighted by molar-refractivity contribution is 5.79. The van der Waals surface area contributed by atoms with Gasteiger partial charge >= 0.3 is 0 Å². The average Bonchev–Trinajstić information content (AvgIpc) is 2.94. The second-order valence-electron chi connectivity index (χ2n) is 5.26. The minimum Gasteiger partial charge on any atom is -0.378 e. The number of aliphatic imine (C=N–C) groups is 1. The fourth-order valence-corrected chi connectivity index (χ4v) is 2.39. The molecule has 0 amide bonds. The van der Waals surface area contributed by atoms with Crippen LogP contribution in [-0.2, 0) is 4.74 Å². The number of nitrogens with one attached hydrogen (secondary N) is 2. The maximum Gasteiger partial charge on any atom is 0.190 e. The van der Waals surface area contributed by atoms with E-state index in [0.29, 0.717) is 6.10 Å². The van der Waals surface area contributed by atoms with Gasteiger partial charge in [0.15, 0.2) is 5.96 Å². The summed E-state index contributed by atoms with van der Waals surface area (Å²) in [4.78, 5) is 4.21. The third-order valence-corrected chi connectivity index (χ3v) is 3.57. The monoisotopic (exact) mass is 269 g/mol. The maximum absolute atomic E-state index is 5.83. The molecule has 19 heavy (non-hydrogen) atoms. The highest BCUT2D eigenvalue weighted by atomic mass is 16.5. The van der Waals surface area contributed by atoms with Crippen molar-refractivity contribution >= 4 is 5.96 Å². The predicted octanol–water partition coefficient (Wildman–Crippen LogP) is 2.69. The highest BCUT2D eigenvalue weighted by Gasteiger charge is 2.14. The molecule has 4 nitrogen and oxygen atoms in total. The van der Waals surface area contributed by atoms with E-state index in [0.717, 1.165) is 32.1 Å². The van der Waals surface area contributed by atoms with E-state index in [9.17, 15) is 0 Å². The standard InChI is InChI=1S/C15H31N3O/c1-3-4-7-11-17-15(16-2)18-12-8-13-19-14-9-5-6-10-14/h14H,3-13H2,1-2H3,(H2,16,17,18). The van der Waals surface area contributed by atoms with Crippen LogP contribution in [0.25, 0.3) is 0 Å². The first-order valence-electron chi connectivity index (χ1n) is 7.93. The summed E-state index contributed by atoms with van der Waals surface area (Å²) in [5.74, 6) is 0.914. The first-order valence-corrected chi connectivity index (χ1v) is 7.93. The zero-order chi connectivity index (χ0) is 13.8. The minimum atomic E-state index is 0.534. The van der Waals surface area contributed by atoms with Gasteiger partial charge in [0.25, 0.3) is 0 Å². The molecule has 0 aromatic rings. The van der Waals surface area contributed by atoms with E-state index in [1.165, 1.54) is 44.9 Å². The van der Waals surface area contributed by atoms with Crippen LogP contribution in [0.2, 0.25) is 0 Å². The van der Waals surface area contributed by atoms with Crippen LogP contribution >= 0.6 is 0 Å². The van der Waals surface area contributed by atoms with Crippen LogP contribution in [0.3, 0.4) is 0 Å². The summed E-state index contributed by atoms with van der Waals surface area (Å²) in [5.41, 5.74) is 0. The lowest BCUT2D eigenvalue weighted by atomic mass is 10.2. The Hall–Kier alpha value is -0.770. The Bertz CT molecular complexity index is 238. The normalized spacial score (nSPS) is 16.8. The van der Waals surface area contributed by atoms with E-state index in [2.05, 4.69) is 22.5 Å². The van der Waals surface area contributed by atoms with Crippen molar-refractivity contribution in [2.24, 2.45) is 4.99 Å². The molecule has 0 aliphatic heterocycles. The van der Waals surface area contributed by atoms with Crippen molar-refractivity contribution < 1.29 is 4.74 Å². The topological polar surface area (TPSA) is 45.7 Å². The molecular formula is C15H31N3O. The molecule has 2 N–H and O–H groups in total. The molecule has 1 aliphatic carbocycles. The van der Waals surface area contributed by atoms with Crippen LogP contribution in [0.4, 0.5) is 0 Å². The summed E-state index contributed by atoms with van der Waals surface area (Å²) >= 11 is 0. The number of hydrogen-bond acceptors (Lipinski definition) is 2. The van der Waals surface area contributed by atoms with Crippen LogP contribution in [0.15, 0.2) is 4.99 Å². The van der Waals surface area contributed by atoms with Crippen LogP contribution in [0, 0.1) is 0 Å². The fraction of sp³-hybridized carbons (Fsp3) is 0.933. The number of rotatable bonds is 9. The summed E-state index contributed by atoms with van der Waals surface area (Å²) in [7, 11) is 1.82. The summed E-state index contributed by atoms with van der Waals surface area (Å²) in [6.07, 6.45) is 10.5. The number of nitrogens with zero attached hydrogens (tertiary/aromatic N) is 1. The first-order chi connectivity index (χ1) is 9.36. The molecule has 1 fully saturated rings. The van der Waals surface area contributed by atoms with Gasteiger partial charge in [-0.2, -0.15) is 0 Å². The van der Waals surface area contributed by atoms with E-state index in [1.54, 1.807) is 0 Å². The molecule has 4 heteroatoms. The summed E-state index contributed by atoms with van der Waals surface area (Å²) in [6, 6.07) is 0. The van der Waals surface area contributed by atoms with E-state index in [4.69, 9.17) is 4.74 Å². The Kier molecular flexibility index (Phi) is 9.51. The SMILES string of the molecule is CCCCCNC(=NC)NCCCOC1CCCC1. The molecule has 0 saturated heterocycles. The summed E-state index contributed by atoms with van der Waals surface area (Å²) in [6.45, 7) is 5.02. The molecule has 112 valence electrons. The number of ether oxygens (including phenoxy) is 1. The molecule has 0 atom stereocenters. The van der Waals surface area contributed by atoms with Crippen molar-refractivity contribution in [1.29, 1.82) is 0 Å². The second-order valence-corrected chi connectivity index (χ2v) is 5.26. The largest absolute Gasteiger partial charge is 0.378 e. The van der Waals surface area contributed by atoms with E-state index in [-0.39, 0.29) is 0 Å². The first kappa shape index (κ1) is 16.3. The van der Waals surface area contributed by atoms with Crippen molar-refractivity contribution in [2.75, 3.05) is 26.7 Å². The van der Waals surface area contributed by atoms with Crippen molar-refractivity contribution in [3.8, 4) is 0 Å². The Morgan fingerprint density at radius 2 is 1.79 bits per heavy atom. The molecular weight excluding hydrogens is 238 g/mol. The zero-order valence-electron chi connectivity index (χ0n) is 12.7. The molecule has 0 radical (unpaired) electrons. The van der Waals surface area contributed by atoms with Gasteiger partial charge in [-0.3, -0.25) is 4.99 Å². The lowest BCUT2D eigenvalue weighted by molar-refractivity contribution is 0.0574. The van der Waals surface area contributed by atoms with Gasteiger partial charge in [0.1, 0.15) is 0 Å².